The fourth-order valence-corrected chi connectivity index (χ4v) is 1.48. The zero-order valence-corrected chi connectivity index (χ0v) is 12.1. The Labute approximate surface area is 124 Å². The third kappa shape index (κ3) is 4.79. The van der Waals surface area contributed by atoms with E-state index in [1.54, 1.807) is 0 Å². The number of rotatable bonds is 4. The van der Waals surface area contributed by atoms with E-state index in [2.05, 4.69) is 15.0 Å². The summed E-state index contributed by atoms with van der Waals surface area (Å²) < 4.78 is 17.6. The smallest absolute Gasteiger partial charge is 0.349 e. The number of carbonyl (C=O) groups excluding carboxylic acids is 2. The largest absolute Gasteiger partial charge is 0.389 e. The van der Waals surface area contributed by atoms with Crippen molar-refractivity contribution < 1.29 is 18.7 Å². The van der Waals surface area contributed by atoms with Crippen LogP contribution in [-0.4, -0.2) is 23.0 Å². The van der Waals surface area contributed by atoms with Crippen LogP contribution in [0.15, 0.2) is 18.3 Å². The Balaban J connectivity index is 2.74. The molecule has 108 valence electrons. The second kappa shape index (κ2) is 7.21. The van der Waals surface area contributed by atoms with Crippen molar-refractivity contribution in [3.05, 3.63) is 40.0 Å². The number of hydrogen-bond acceptors (Lipinski definition) is 5. The highest BCUT2D eigenvalue weighted by molar-refractivity contribution is 6.34. The molecular formula is C12H11Cl2FN2O3. The first-order chi connectivity index (χ1) is 9.31. The highest BCUT2D eigenvalue weighted by atomic mass is 35.5. The van der Waals surface area contributed by atoms with Gasteiger partial charge in [-0.2, -0.15) is 0 Å². The summed E-state index contributed by atoms with van der Waals surface area (Å²) in [5.41, 5.74) is -0.382. The molecule has 0 unspecified atom stereocenters. The average molecular weight is 321 g/mol. The summed E-state index contributed by atoms with van der Waals surface area (Å²) in [6.07, 6.45) is 2.36. The van der Waals surface area contributed by atoms with E-state index in [0.717, 1.165) is 12.1 Å². The second-order valence-corrected chi connectivity index (χ2v) is 4.68. The topological polar surface area (TPSA) is 68.3 Å². The van der Waals surface area contributed by atoms with Gasteiger partial charge in [-0.05, 0) is 19.9 Å². The maximum absolute atomic E-state index is 13.2. The molecular weight excluding hydrogens is 310 g/mol. The molecule has 1 aromatic heterocycles. The number of esters is 2. The number of carbonyl (C=O) groups is 2. The van der Waals surface area contributed by atoms with Crippen LogP contribution >= 0.6 is 23.2 Å². The van der Waals surface area contributed by atoms with Gasteiger partial charge >= 0.3 is 11.9 Å². The van der Waals surface area contributed by atoms with Gasteiger partial charge in [-0.15, -0.1) is 0 Å². The van der Waals surface area contributed by atoms with Crippen LogP contribution in [0.3, 0.4) is 0 Å². The molecule has 0 aliphatic rings. The number of hydrogen-bond donors (Lipinski definition) is 1. The summed E-state index contributed by atoms with van der Waals surface area (Å²) in [7, 11) is 0. The van der Waals surface area contributed by atoms with E-state index < -0.39 is 22.9 Å². The van der Waals surface area contributed by atoms with Crippen molar-refractivity contribution >= 4 is 35.1 Å². The maximum atomic E-state index is 13.2. The quantitative estimate of drug-likeness (QED) is 0.400. The predicted octanol–water partition coefficient (Wildman–Crippen LogP) is 2.72. The molecule has 0 bridgehead atoms. The molecule has 0 amide bonds. The standard InChI is InChI=1S/C12H11Cl2FN2O3/c1-6(2)16-4-3-9(18)20-12(19)7-5-8(15)11(14)17-10(7)13/h3-6,16H,1-2H3. The van der Waals surface area contributed by atoms with Crippen molar-refractivity contribution in [2.75, 3.05) is 0 Å². The van der Waals surface area contributed by atoms with Gasteiger partial charge in [0, 0.05) is 18.3 Å². The van der Waals surface area contributed by atoms with Crippen molar-refractivity contribution in [1.82, 2.24) is 10.3 Å². The average Bonchev–Trinajstić information content (AvgIpc) is 2.33. The van der Waals surface area contributed by atoms with Crippen LogP contribution in [0, 0.1) is 5.82 Å². The molecule has 1 rings (SSSR count). The van der Waals surface area contributed by atoms with Crippen molar-refractivity contribution in [3.63, 3.8) is 0 Å². The van der Waals surface area contributed by atoms with E-state index in [9.17, 15) is 14.0 Å². The van der Waals surface area contributed by atoms with Gasteiger partial charge in [0.2, 0.25) is 0 Å². The van der Waals surface area contributed by atoms with Gasteiger partial charge in [0.15, 0.2) is 11.0 Å². The molecule has 0 saturated carbocycles. The highest BCUT2D eigenvalue weighted by Crippen LogP contribution is 2.21. The van der Waals surface area contributed by atoms with Crippen LogP contribution in [0.5, 0.6) is 0 Å². The third-order valence-corrected chi connectivity index (χ3v) is 2.50. The van der Waals surface area contributed by atoms with E-state index >= 15 is 0 Å². The van der Waals surface area contributed by atoms with Gasteiger partial charge in [0.05, 0.1) is 0 Å². The Kier molecular flexibility index (Phi) is 5.91. The Morgan fingerprint density at radius 3 is 2.65 bits per heavy atom. The number of nitrogens with zero attached hydrogens (tertiary/aromatic N) is 1. The molecule has 1 aromatic rings. The summed E-state index contributed by atoms with van der Waals surface area (Å²) in [4.78, 5) is 26.3. The molecule has 0 fully saturated rings. The molecule has 1 heterocycles. The van der Waals surface area contributed by atoms with E-state index in [4.69, 9.17) is 23.2 Å². The summed E-state index contributed by atoms with van der Waals surface area (Å²) >= 11 is 11.0. The first-order valence-corrected chi connectivity index (χ1v) is 6.27. The Morgan fingerprint density at radius 2 is 2.05 bits per heavy atom. The lowest BCUT2D eigenvalue weighted by Gasteiger charge is -2.04. The van der Waals surface area contributed by atoms with Crippen LogP contribution < -0.4 is 5.32 Å². The fourth-order valence-electron chi connectivity index (χ4n) is 1.08. The lowest BCUT2D eigenvalue weighted by molar-refractivity contribution is -0.132. The predicted molar refractivity (Wildman–Crippen MR) is 72.0 cm³/mol. The molecule has 0 spiro atoms. The minimum absolute atomic E-state index is 0.124. The first-order valence-electron chi connectivity index (χ1n) is 5.51. The molecule has 5 nitrogen and oxygen atoms in total. The Morgan fingerprint density at radius 1 is 1.40 bits per heavy atom. The van der Waals surface area contributed by atoms with Crippen molar-refractivity contribution in [2.45, 2.75) is 19.9 Å². The summed E-state index contributed by atoms with van der Waals surface area (Å²) in [5.74, 6) is -2.97. The third-order valence-electron chi connectivity index (χ3n) is 1.95. The Bertz CT molecular complexity index is 562. The maximum Gasteiger partial charge on any atom is 0.349 e. The number of pyridine rings is 1. The number of nitrogens with one attached hydrogen (secondary N) is 1. The van der Waals surface area contributed by atoms with Gasteiger partial charge < -0.3 is 10.1 Å². The minimum atomic E-state index is -1.11. The fraction of sp³-hybridized carbons (Fsp3) is 0.250. The Hall–Kier alpha value is -1.66. The van der Waals surface area contributed by atoms with Gasteiger partial charge in [0.1, 0.15) is 10.7 Å². The second-order valence-electron chi connectivity index (χ2n) is 3.96. The zero-order chi connectivity index (χ0) is 15.3. The minimum Gasteiger partial charge on any atom is -0.389 e. The van der Waals surface area contributed by atoms with Crippen LogP contribution in [0.4, 0.5) is 4.39 Å². The van der Waals surface area contributed by atoms with Gasteiger partial charge in [-0.3, -0.25) is 0 Å². The van der Waals surface area contributed by atoms with E-state index in [1.165, 1.54) is 6.20 Å². The van der Waals surface area contributed by atoms with Gasteiger partial charge in [-0.1, -0.05) is 23.2 Å². The lowest BCUT2D eigenvalue weighted by atomic mass is 10.3. The summed E-state index contributed by atoms with van der Waals surface area (Å²) in [6.45, 7) is 3.73. The van der Waals surface area contributed by atoms with Crippen LogP contribution in [0.1, 0.15) is 24.2 Å². The van der Waals surface area contributed by atoms with Crippen LogP contribution in [-0.2, 0) is 9.53 Å². The lowest BCUT2D eigenvalue weighted by Crippen LogP contribution is -2.17. The van der Waals surface area contributed by atoms with Crippen molar-refractivity contribution in [2.24, 2.45) is 0 Å². The van der Waals surface area contributed by atoms with Crippen LogP contribution in [0.2, 0.25) is 10.3 Å². The molecule has 0 aromatic carbocycles. The molecule has 0 saturated heterocycles. The van der Waals surface area contributed by atoms with Crippen molar-refractivity contribution in [1.29, 1.82) is 0 Å². The molecule has 0 aliphatic heterocycles. The monoisotopic (exact) mass is 320 g/mol. The molecule has 0 atom stereocenters. The zero-order valence-electron chi connectivity index (χ0n) is 10.6. The van der Waals surface area contributed by atoms with Crippen molar-refractivity contribution in [3.8, 4) is 0 Å². The molecule has 0 aliphatic carbocycles. The molecule has 1 N–H and O–H groups in total. The number of halogens is 3. The van der Waals surface area contributed by atoms with E-state index in [-0.39, 0.29) is 16.8 Å². The first kappa shape index (κ1) is 16.4. The van der Waals surface area contributed by atoms with E-state index in [0.29, 0.717) is 0 Å². The van der Waals surface area contributed by atoms with Crippen LogP contribution in [0.25, 0.3) is 0 Å². The molecule has 0 radical (unpaired) electrons. The molecule has 20 heavy (non-hydrogen) atoms. The number of ether oxygens (including phenoxy) is 1. The van der Waals surface area contributed by atoms with Gasteiger partial charge in [-0.25, -0.2) is 19.0 Å². The van der Waals surface area contributed by atoms with E-state index in [1.807, 2.05) is 13.8 Å². The molecule has 8 heteroatoms. The van der Waals surface area contributed by atoms with Gasteiger partial charge in [0.25, 0.3) is 0 Å². The SMILES string of the molecule is CC(C)NC=CC(=O)OC(=O)c1cc(F)c(Cl)nc1Cl. The normalized spacial score (nSPS) is 10.9. The highest BCUT2D eigenvalue weighted by Gasteiger charge is 2.18. The number of aromatic nitrogens is 1. The summed E-state index contributed by atoms with van der Waals surface area (Å²) in [6, 6.07) is 0.877. The summed E-state index contributed by atoms with van der Waals surface area (Å²) in [5, 5.41) is 1.99.